The summed E-state index contributed by atoms with van der Waals surface area (Å²) in [5.41, 5.74) is 7.46. The van der Waals surface area contributed by atoms with Crippen LogP contribution in [-0.4, -0.2) is 129 Å². The molecule has 84 heavy (non-hydrogen) atoms. The number of hydrogen-bond donors (Lipinski definition) is 3. The number of phosphoric acid groups is 1. The minimum atomic E-state index is -5.15. The zero-order chi connectivity index (χ0) is 59.7. The van der Waals surface area contributed by atoms with Crippen LogP contribution < -0.4 is 10.5 Å². The third-order valence-corrected chi connectivity index (χ3v) is 20.5. The van der Waals surface area contributed by atoms with E-state index in [0.29, 0.717) is 24.0 Å². The molecule has 0 amide bonds. The summed E-state index contributed by atoms with van der Waals surface area (Å²) in [5.74, 6) is -1.77. The molecule has 29 heteroatoms. The van der Waals surface area contributed by atoms with E-state index in [1.165, 1.54) is 87.0 Å². The molecular formula is C55H76FN9O16P2S. The molecule has 4 aliphatic rings. The van der Waals surface area contributed by atoms with Gasteiger partial charge in [-0.15, -0.1) is 0 Å². The molecule has 8 heterocycles. The molecular weight excluding hydrogens is 1160 g/mol. The molecule has 9 rings (SSSR count). The van der Waals surface area contributed by atoms with Crippen molar-refractivity contribution >= 4 is 71.7 Å². The molecule has 5 aromatic rings. The highest BCUT2D eigenvalue weighted by Gasteiger charge is 2.53. The number of fused-ring (bicyclic) bond motifs is 4. The SMILES string of the molecule is CCCCCCCCCCCCCCCC(=O)Cc1cc(CSP2(=O)OC[C@H]3O[C@@H](n4cnc5c(N)ncnc54)[C@H](F)[C@@H]3OP(=O)(O)OC[C@H]3O[C@@H](n4cnc5c(O)ncnc54)C[C@@H]3O2)ccc1O[C@@H]1OC(C(C)=O)[C@@H](C)[C@H](C)C1OC(C)=O. The van der Waals surface area contributed by atoms with Crippen molar-refractivity contribution in [3.05, 3.63) is 54.6 Å². The number of ketones is 2. The number of imidazole rings is 2. The molecule has 0 spiro atoms. The topological polar surface area (TPSA) is 322 Å². The van der Waals surface area contributed by atoms with Gasteiger partial charge in [0.25, 0.3) is 0 Å². The van der Waals surface area contributed by atoms with Crippen molar-refractivity contribution in [1.29, 1.82) is 0 Å². The zero-order valence-electron chi connectivity index (χ0n) is 47.9. The number of ether oxygens (including phenoxy) is 5. The standard InChI is InChI=1S/C55H76FN9O16P2S/c1-6-7-8-9-10-11-12-13-14-15-16-17-18-19-38(68)23-37-22-36(20-21-39(37)78-55-48(75-35(5)67)33(3)32(2)47(79-55)34(4)66)27-84-83(72)74-26-42-49(44(56)54(77-42)65-31-62-45-50(57)58-28-59-51(45)65)81-82(70,71)73-25-41-40(80-83)24-43(76-41)64-30-63-46-52(64)60-29-61-53(46)69/h20-22,28-33,40-44,47-49,54-55H,6-19,23-27H2,1-5H3,(H,70,71)(H2,57,58,59)(H,60,61,69)/t32-,33-,40-,41+,42+,43+,44+,47?,48?,49+,54+,55+,83?/m0/s1. The Balaban J connectivity index is 0.963. The predicted octanol–water partition coefficient (Wildman–Crippen LogP) is 9.93. The van der Waals surface area contributed by atoms with Crippen LogP contribution in [0.1, 0.15) is 155 Å². The summed E-state index contributed by atoms with van der Waals surface area (Å²) in [4.78, 5) is 75.0. The maximum absolute atomic E-state index is 16.8. The van der Waals surface area contributed by atoms with Crippen LogP contribution in [0.15, 0.2) is 43.5 Å². The number of halogens is 1. The highest BCUT2D eigenvalue weighted by atomic mass is 32.7. The molecule has 4 aliphatic heterocycles. The number of anilines is 1. The highest BCUT2D eigenvalue weighted by Crippen LogP contribution is 2.65. The molecule has 14 atom stereocenters. The molecule has 0 saturated carbocycles. The normalized spacial score (nSPS) is 30.1. The molecule has 4 unspecified atom stereocenters. The van der Waals surface area contributed by atoms with E-state index in [9.17, 15) is 28.9 Å². The lowest BCUT2D eigenvalue weighted by Gasteiger charge is -2.42. The van der Waals surface area contributed by atoms with Crippen molar-refractivity contribution in [1.82, 2.24) is 39.0 Å². The number of esters is 1. The lowest BCUT2D eigenvalue weighted by atomic mass is 9.82. The molecule has 0 aliphatic carbocycles. The Morgan fingerprint density at radius 3 is 2.14 bits per heavy atom. The summed E-state index contributed by atoms with van der Waals surface area (Å²) in [6.07, 6.45) is 6.47. The van der Waals surface area contributed by atoms with E-state index < -0.39 is 101 Å². The number of aromatic hydroxyl groups is 1. The quantitative estimate of drug-likeness (QED) is 0.0278. The van der Waals surface area contributed by atoms with Crippen LogP contribution in [0.3, 0.4) is 0 Å². The van der Waals surface area contributed by atoms with Crippen LogP contribution in [0.4, 0.5) is 10.2 Å². The molecule has 4 fully saturated rings. The summed E-state index contributed by atoms with van der Waals surface area (Å²) >= 11 is 0.760. The lowest BCUT2D eigenvalue weighted by Crippen LogP contribution is -2.55. The van der Waals surface area contributed by atoms with Gasteiger partial charge in [-0.25, -0.2) is 38.4 Å². The van der Waals surface area contributed by atoms with Crippen LogP contribution >= 0.6 is 26.0 Å². The summed E-state index contributed by atoms with van der Waals surface area (Å²) < 4.78 is 104. The van der Waals surface area contributed by atoms with Crippen LogP contribution in [-0.2, 0) is 72.7 Å². The van der Waals surface area contributed by atoms with E-state index in [4.69, 9.17) is 47.5 Å². The summed E-state index contributed by atoms with van der Waals surface area (Å²) in [7, 11) is -5.15. The van der Waals surface area contributed by atoms with E-state index in [1.807, 2.05) is 13.8 Å². The van der Waals surface area contributed by atoms with Gasteiger partial charge < -0.3 is 39.4 Å². The number of phosphoric ester groups is 1. The monoisotopic (exact) mass is 1230 g/mol. The first-order valence-corrected chi connectivity index (χ1v) is 33.6. The number of nitrogen functional groups attached to an aromatic ring is 1. The second-order valence-corrected chi connectivity index (χ2v) is 27.5. The Morgan fingerprint density at radius 1 is 0.786 bits per heavy atom. The largest absolute Gasteiger partial charge is 0.492 e. The van der Waals surface area contributed by atoms with Crippen molar-refractivity contribution < 1.29 is 79.7 Å². The van der Waals surface area contributed by atoms with Gasteiger partial charge >= 0.3 is 20.6 Å². The number of alkyl halides is 1. The smallest absolute Gasteiger partial charge is 0.472 e. The average molecular weight is 1230 g/mol. The first kappa shape index (κ1) is 63.5. The number of nitrogens with zero attached hydrogens (tertiary/aromatic N) is 8. The first-order chi connectivity index (χ1) is 40.3. The lowest BCUT2D eigenvalue weighted by molar-refractivity contribution is -0.242. The highest BCUT2D eigenvalue weighted by molar-refractivity contribution is 8.54. The van der Waals surface area contributed by atoms with Gasteiger partial charge in [-0.05, 0) is 42.3 Å². The van der Waals surface area contributed by atoms with Crippen molar-refractivity contribution in [3.8, 4) is 11.6 Å². The van der Waals surface area contributed by atoms with E-state index in [2.05, 4.69) is 36.8 Å². The molecule has 0 bridgehead atoms. The number of aromatic nitrogens is 8. The number of carbonyl (C=O) groups is 3. The Morgan fingerprint density at radius 2 is 1.44 bits per heavy atom. The van der Waals surface area contributed by atoms with Gasteiger partial charge in [-0.3, -0.25) is 41.6 Å². The van der Waals surface area contributed by atoms with Crippen LogP contribution in [0, 0.1) is 11.8 Å². The third-order valence-electron chi connectivity index (χ3n) is 15.9. The fourth-order valence-electron chi connectivity index (χ4n) is 11.2. The molecule has 1 aromatic carbocycles. The predicted molar refractivity (Wildman–Crippen MR) is 304 cm³/mol. The van der Waals surface area contributed by atoms with E-state index in [1.54, 1.807) is 18.2 Å². The minimum absolute atomic E-state index is 0.00778. The molecule has 460 valence electrons. The average Bonchev–Trinajstić information content (AvgIpc) is 3.37. The van der Waals surface area contributed by atoms with Crippen molar-refractivity contribution in [3.63, 3.8) is 0 Å². The maximum Gasteiger partial charge on any atom is 0.472 e. The van der Waals surface area contributed by atoms with Gasteiger partial charge in [0.15, 0.2) is 46.9 Å². The summed E-state index contributed by atoms with van der Waals surface area (Å²) in [6.45, 7) is 2.70. The first-order valence-electron chi connectivity index (χ1n) is 28.9. The van der Waals surface area contributed by atoms with E-state index >= 15 is 8.96 Å². The van der Waals surface area contributed by atoms with Gasteiger partial charge in [0.1, 0.15) is 66.5 Å². The number of unbranched alkanes of at least 4 members (excludes halogenated alkanes) is 12. The molecule has 4 N–H and O–H groups in total. The second kappa shape index (κ2) is 28.6. The van der Waals surface area contributed by atoms with Crippen LogP contribution in [0.25, 0.3) is 22.3 Å². The minimum Gasteiger partial charge on any atom is -0.492 e. The van der Waals surface area contributed by atoms with E-state index in [-0.39, 0.29) is 75.9 Å². The zero-order valence-corrected chi connectivity index (χ0v) is 50.5. The molecule has 4 saturated heterocycles. The molecule has 25 nitrogen and oxygen atoms in total. The van der Waals surface area contributed by atoms with Crippen LogP contribution in [0.5, 0.6) is 11.6 Å². The summed E-state index contributed by atoms with van der Waals surface area (Å²) in [6, 6.07) is 5.04. The number of Topliss-reactive ketones (excluding diaryl/α,β-unsaturated/α-hetero) is 2. The second-order valence-electron chi connectivity index (χ2n) is 22.1. The fraction of sp³-hybridized carbons (Fsp3) is 0.655. The van der Waals surface area contributed by atoms with E-state index in [0.717, 1.165) is 49.7 Å². The number of nitrogens with two attached hydrogens (primary N) is 1. The molecule has 0 radical (unpaired) electrons. The number of benzene rings is 1. The fourth-order valence-corrected chi connectivity index (χ4v) is 15.5. The van der Waals surface area contributed by atoms with Gasteiger partial charge in [-0.1, -0.05) is 110 Å². The number of carbonyl (C=O) groups excluding carboxylic acids is 3. The number of rotatable bonds is 25. The van der Waals surface area contributed by atoms with Gasteiger partial charge in [0, 0.05) is 43.4 Å². The Hall–Kier alpha value is -5.05. The third kappa shape index (κ3) is 15.6. The van der Waals surface area contributed by atoms with Gasteiger partial charge in [-0.2, -0.15) is 4.98 Å². The van der Waals surface area contributed by atoms with Gasteiger partial charge in [0.05, 0.1) is 25.9 Å². The van der Waals surface area contributed by atoms with Gasteiger partial charge in [0.2, 0.25) is 12.2 Å². The van der Waals surface area contributed by atoms with Crippen LogP contribution in [0.2, 0.25) is 0 Å². The van der Waals surface area contributed by atoms with Crippen molar-refractivity contribution in [2.45, 2.75) is 205 Å². The Bertz CT molecular complexity index is 3180. The molecule has 4 aromatic heterocycles. The van der Waals surface area contributed by atoms with Crippen molar-refractivity contribution in [2.75, 3.05) is 18.9 Å². The maximum atomic E-state index is 16.8. The van der Waals surface area contributed by atoms with Crippen molar-refractivity contribution in [2.24, 2.45) is 11.8 Å². The Labute approximate surface area is 490 Å². The number of hydrogen-bond acceptors (Lipinski definition) is 23. The Kier molecular flexibility index (Phi) is 21.6. The summed E-state index contributed by atoms with van der Waals surface area (Å²) in [5, 5.41) is 10.4.